The number of nitrogens with two attached hydrogens (primary N) is 1. The van der Waals surface area contributed by atoms with Gasteiger partial charge in [-0.3, -0.25) is 23.6 Å². The maximum Gasteiger partial charge on any atom is 0.416 e. The first-order valence-electron chi connectivity index (χ1n) is 15.2. The summed E-state index contributed by atoms with van der Waals surface area (Å²) in [6, 6.07) is 18.0. The van der Waals surface area contributed by atoms with E-state index in [1.54, 1.807) is 43.4 Å². The third kappa shape index (κ3) is 7.31. The smallest absolute Gasteiger partial charge is 0.363 e. The van der Waals surface area contributed by atoms with E-state index in [-0.39, 0.29) is 23.8 Å². The summed E-state index contributed by atoms with van der Waals surface area (Å²) in [4.78, 5) is 43.9. The van der Waals surface area contributed by atoms with Crippen LogP contribution >= 0.6 is 0 Å². The fraction of sp³-hybridized carbons (Fsp3) is 0.324. The molecule has 0 saturated carbocycles. The number of piperazine rings is 1. The van der Waals surface area contributed by atoms with Crippen molar-refractivity contribution in [1.82, 2.24) is 19.4 Å². The van der Waals surface area contributed by atoms with Crippen LogP contribution in [0.3, 0.4) is 0 Å². The van der Waals surface area contributed by atoms with Gasteiger partial charge in [0.15, 0.2) is 0 Å². The van der Waals surface area contributed by atoms with E-state index >= 15 is 0 Å². The molecular formula is C34H36F4N6O3. The first-order valence-corrected chi connectivity index (χ1v) is 15.2. The predicted octanol–water partition coefficient (Wildman–Crippen LogP) is 3.91. The molecule has 1 amide bonds. The Balaban J connectivity index is 1.50. The first-order chi connectivity index (χ1) is 22.4. The van der Waals surface area contributed by atoms with E-state index < -0.39 is 47.0 Å². The van der Waals surface area contributed by atoms with Crippen LogP contribution in [0.5, 0.6) is 0 Å². The Bertz CT molecular complexity index is 1860. The standard InChI is InChI=1S/C34H36F4N6O3/c1-22-30(42-16-14-41(15-17-42)19-23-8-6-11-25(18-23)31(45)40-2)32(46)44(21-29(39)24-9-4-3-5-10-24)33(47)43(22)20-26-27(34(36,37)38)12-7-13-28(26)35/h3-13,18,29H,14-17,19-21,39H2,1-2H3,(H,40,45)/t29-/m1/s1. The molecule has 1 atom stereocenters. The first kappa shape index (κ1) is 33.6. The lowest BCUT2D eigenvalue weighted by Gasteiger charge is -2.37. The monoisotopic (exact) mass is 652 g/mol. The van der Waals surface area contributed by atoms with Crippen LogP contribution in [0.15, 0.2) is 82.4 Å². The molecule has 0 unspecified atom stereocenters. The Morgan fingerprint density at radius 2 is 1.60 bits per heavy atom. The summed E-state index contributed by atoms with van der Waals surface area (Å²) in [5.41, 5.74) is 5.44. The minimum atomic E-state index is -4.86. The van der Waals surface area contributed by atoms with Gasteiger partial charge >= 0.3 is 11.9 Å². The topological polar surface area (TPSA) is 106 Å². The lowest BCUT2D eigenvalue weighted by Crippen LogP contribution is -2.51. The highest BCUT2D eigenvalue weighted by Crippen LogP contribution is 2.33. The van der Waals surface area contributed by atoms with E-state index in [2.05, 4.69) is 10.2 Å². The lowest BCUT2D eigenvalue weighted by atomic mass is 10.1. The second-order valence-electron chi connectivity index (χ2n) is 11.5. The van der Waals surface area contributed by atoms with Crippen molar-refractivity contribution in [2.75, 3.05) is 38.1 Å². The second-order valence-corrected chi connectivity index (χ2v) is 11.5. The third-order valence-electron chi connectivity index (χ3n) is 8.52. The molecule has 1 fully saturated rings. The summed E-state index contributed by atoms with van der Waals surface area (Å²) in [6.07, 6.45) is -4.86. The van der Waals surface area contributed by atoms with Gasteiger partial charge in [0.2, 0.25) is 0 Å². The number of hydrogen-bond donors (Lipinski definition) is 2. The summed E-state index contributed by atoms with van der Waals surface area (Å²) in [6.45, 7) is 2.88. The number of nitrogens with zero attached hydrogens (tertiary/aromatic N) is 4. The van der Waals surface area contributed by atoms with Crippen LogP contribution in [0, 0.1) is 12.7 Å². The van der Waals surface area contributed by atoms with E-state index in [0.29, 0.717) is 43.9 Å². The highest BCUT2D eigenvalue weighted by atomic mass is 19.4. The van der Waals surface area contributed by atoms with E-state index in [1.165, 1.54) is 6.92 Å². The van der Waals surface area contributed by atoms with Gasteiger partial charge in [0, 0.05) is 62.6 Å². The number of carbonyl (C=O) groups excluding carboxylic acids is 1. The van der Waals surface area contributed by atoms with Crippen LogP contribution in [0.1, 0.15) is 44.3 Å². The van der Waals surface area contributed by atoms with Crippen molar-refractivity contribution >= 4 is 11.6 Å². The number of nitrogens with one attached hydrogen (secondary N) is 1. The van der Waals surface area contributed by atoms with Crippen LogP contribution in [0.25, 0.3) is 0 Å². The molecule has 1 aliphatic rings. The summed E-state index contributed by atoms with van der Waals surface area (Å²) in [5, 5.41) is 2.61. The summed E-state index contributed by atoms with van der Waals surface area (Å²) >= 11 is 0. The molecule has 1 aliphatic heterocycles. The van der Waals surface area contributed by atoms with Gasteiger partial charge in [-0.1, -0.05) is 48.5 Å². The number of anilines is 1. The van der Waals surface area contributed by atoms with Crippen LogP contribution in [-0.4, -0.2) is 53.2 Å². The summed E-state index contributed by atoms with van der Waals surface area (Å²) in [5.74, 6) is -1.30. The van der Waals surface area contributed by atoms with Gasteiger partial charge in [-0.05, 0) is 42.3 Å². The largest absolute Gasteiger partial charge is 0.416 e. The number of carbonyl (C=O) groups is 1. The number of hydrogen-bond acceptors (Lipinski definition) is 6. The molecule has 3 N–H and O–H groups in total. The number of halogens is 4. The van der Waals surface area contributed by atoms with Crippen molar-refractivity contribution in [1.29, 1.82) is 0 Å². The van der Waals surface area contributed by atoms with Gasteiger partial charge in [-0.2, -0.15) is 13.2 Å². The number of aromatic nitrogens is 2. The zero-order valence-electron chi connectivity index (χ0n) is 26.1. The predicted molar refractivity (Wildman–Crippen MR) is 171 cm³/mol. The normalized spacial score (nSPS) is 14.7. The number of alkyl halides is 3. The second kappa shape index (κ2) is 13.9. The van der Waals surface area contributed by atoms with Crippen molar-refractivity contribution in [3.63, 3.8) is 0 Å². The highest BCUT2D eigenvalue weighted by molar-refractivity contribution is 5.94. The van der Waals surface area contributed by atoms with Gasteiger partial charge in [0.25, 0.3) is 11.5 Å². The number of amides is 1. The van der Waals surface area contributed by atoms with Crippen LogP contribution in [0.4, 0.5) is 23.2 Å². The quantitative estimate of drug-likeness (QED) is 0.266. The Morgan fingerprint density at radius 1 is 0.915 bits per heavy atom. The van der Waals surface area contributed by atoms with Crippen molar-refractivity contribution < 1.29 is 22.4 Å². The molecule has 0 radical (unpaired) electrons. The Kier molecular flexibility index (Phi) is 9.96. The Labute approximate surface area is 268 Å². The third-order valence-corrected chi connectivity index (χ3v) is 8.52. The molecule has 0 spiro atoms. The molecule has 1 aromatic heterocycles. The van der Waals surface area contributed by atoms with E-state index in [9.17, 15) is 31.9 Å². The fourth-order valence-corrected chi connectivity index (χ4v) is 5.99. The molecular weight excluding hydrogens is 616 g/mol. The zero-order valence-corrected chi connectivity index (χ0v) is 26.1. The Morgan fingerprint density at radius 3 is 2.26 bits per heavy atom. The highest BCUT2D eigenvalue weighted by Gasteiger charge is 2.35. The molecule has 248 valence electrons. The molecule has 0 bridgehead atoms. The average Bonchev–Trinajstić information content (AvgIpc) is 3.06. The molecule has 13 heteroatoms. The summed E-state index contributed by atoms with van der Waals surface area (Å²) < 4.78 is 58.7. The molecule has 9 nitrogen and oxygen atoms in total. The van der Waals surface area contributed by atoms with E-state index in [0.717, 1.165) is 32.9 Å². The van der Waals surface area contributed by atoms with Crippen LogP contribution < -0.4 is 27.2 Å². The molecule has 2 heterocycles. The van der Waals surface area contributed by atoms with E-state index in [1.807, 2.05) is 23.1 Å². The van der Waals surface area contributed by atoms with Crippen molar-refractivity contribution in [3.05, 3.63) is 133 Å². The maximum absolute atomic E-state index is 15.0. The van der Waals surface area contributed by atoms with Crippen LogP contribution in [-0.2, 0) is 25.8 Å². The van der Waals surface area contributed by atoms with Gasteiger partial charge < -0.3 is 16.0 Å². The maximum atomic E-state index is 15.0. The minimum Gasteiger partial charge on any atom is -0.363 e. The molecule has 0 aliphatic carbocycles. The summed E-state index contributed by atoms with van der Waals surface area (Å²) in [7, 11) is 1.56. The molecule has 3 aromatic carbocycles. The van der Waals surface area contributed by atoms with Gasteiger partial charge in [0.05, 0.1) is 18.7 Å². The SMILES string of the molecule is CNC(=O)c1cccc(CN2CCN(c3c(C)n(Cc4c(F)cccc4C(F)(F)F)c(=O)n(C[C@@H](N)c4ccccc4)c3=O)CC2)c1. The van der Waals surface area contributed by atoms with Crippen molar-refractivity contribution in [3.8, 4) is 0 Å². The van der Waals surface area contributed by atoms with Crippen molar-refractivity contribution in [2.45, 2.75) is 38.8 Å². The lowest BCUT2D eigenvalue weighted by molar-refractivity contribution is -0.138. The molecule has 4 aromatic rings. The van der Waals surface area contributed by atoms with E-state index in [4.69, 9.17) is 5.73 Å². The minimum absolute atomic E-state index is 0.132. The van der Waals surface area contributed by atoms with Crippen LogP contribution in [0.2, 0.25) is 0 Å². The molecule has 47 heavy (non-hydrogen) atoms. The molecule has 1 saturated heterocycles. The number of rotatable bonds is 9. The van der Waals surface area contributed by atoms with Gasteiger partial charge in [0.1, 0.15) is 11.5 Å². The van der Waals surface area contributed by atoms with Gasteiger partial charge in [-0.15, -0.1) is 0 Å². The Hall–Kier alpha value is -4.75. The zero-order chi connectivity index (χ0) is 33.9. The number of benzene rings is 3. The molecule has 5 rings (SSSR count). The van der Waals surface area contributed by atoms with Gasteiger partial charge in [-0.25, -0.2) is 9.18 Å². The fourth-order valence-electron chi connectivity index (χ4n) is 5.99. The van der Waals surface area contributed by atoms with Crippen molar-refractivity contribution in [2.24, 2.45) is 5.73 Å². The average molecular weight is 653 g/mol.